The van der Waals surface area contributed by atoms with Crippen molar-refractivity contribution in [3.05, 3.63) is 24.3 Å². The minimum absolute atomic E-state index is 0.226. The second-order valence-corrected chi connectivity index (χ2v) is 8.67. The third-order valence-electron chi connectivity index (χ3n) is 5.57. The molecule has 5 N–H and O–H groups in total. The van der Waals surface area contributed by atoms with Crippen LogP contribution in [0.25, 0.3) is 0 Å². The zero-order chi connectivity index (χ0) is 24.7. The van der Waals surface area contributed by atoms with Gasteiger partial charge in [0.15, 0.2) is 0 Å². The van der Waals surface area contributed by atoms with Crippen molar-refractivity contribution in [3.63, 3.8) is 0 Å². The predicted octanol–water partition coefficient (Wildman–Crippen LogP) is 3.56. The van der Waals surface area contributed by atoms with Crippen molar-refractivity contribution < 1.29 is 35.1 Å². The molecule has 0 unspecified atom stereocenters. The SMILES string of the molecule is CCCCCCCCC=CCC=CCCCCCCC(=O)OC[C@@H](O)[C@@H](O)[C@H](O)[C@@H](O)CO. The zero-order valence-electron chi connectivity index (χ0n) is 20.5. The lowest BCUT2D eigenvalue weighted by Gasteiger charge is -2.25. The highest BCUT2D eigenvalue weighted by atomic mass is 16.5. The van der Waals surface area contributed by atoms with Crippen molar-refractivity contribution in [2.24, 2.45) is 0 Å². The summed E-state index contributed by atoms with van der Waals surface area (Å²) < 4.78 is 4.90. The van der Waals surface area contributed by atoms with Gasteiger partial charge in [-0.3, -0.25) is 4.79 Å². The Morgan fingerprint density at radius 3 is 1.82 bits per heavy atom. The first-order valence-electron chi connectivity index (χ1n) is 12.7. The van der Waals surface area contributed by atoms with E-state index in [0.717, 1.165) is 32.1 Å². The van der Waals surface area contributed by atoms with Crippen LogP contribution in [-0.2, 0) is 9.53 Å². The van der Waals surface area contributed by atoms with E-state index in [-0.39, 0.29) is 6.42 Å². The van der Waals surface area contributed by atoms with E-state index in [1.807, 2.05) is 0 Å². The molecule has 0 heterocycles. The first kappa shape index (κ1) is 31.8. The Morgan fingerprint density at radius 2 is 1.24 bits per heavy atom. The lowest BCUT2D eigenvalue weighted by atomic mass is 10.0. The molecule has 0 aliphatic carbocycles. The summed E-state index contributed by atoms with van der Waals surface area (Å²) in [5.74, 6) is -0.480. The molecule has 0 radical (unpaired) electrons. The van der Waals surface area contributed by atoms with Gasteiger partial charge in [-0.15, -0.1) is 0 Å². The van der Waals surface area contributed by atoms with Gasteiger partial charge in [0.1, 0.15) is 31.0 Å². The van der Waals surface area contributed by atoms with E-state index >= 15 is 0 Å². The third kappa shape index (κ3) is 18.8. The molecule has 0 saturated carbocycles. The Kier molecular flexibility index (Phi) is 21.7. The number of hydrogen-bond acceptors (Lipinski definition) is 7. The monoisotopic (exact) mass is 472 g/mol. The lowest BCUT2D eigenvalue weighted by Crippen LogP contribution is -2.47. The molecule has 0 spiro atoms. The highest BCUT2D eigenvalue weighted by molar-refractivity contribution is 5.69. The summed E-state index contributed by atoms with van der Waals surface area (Å²) in [5, 5.41) is 46.9. The van der Waals surface area contributed by atoms with Crippen LogP contribution in [0, 0.1) is 0 Å². The Hall–Kier alpha value is -1.25. The molecule has 0 aromatic carbocycles. The van der Waals surface area contributed by atoms with E-state index in [0.29, 0.717) is 6.42 Å². The van der Waals surface area contributed by atoms with Gasteiger partial charge >= 0.3 is 5.97 Å². The van der Waals surface area contributed by atoms with E-state index in [2.05, 4.69) is 31.2 Å². The van der Waals surface area contributed by atoms with Crippen LogP contribution in [0.5, 0.6) is 0 Å². The van der Waals surface area contributed by atoms with Crippen molar-refractivity contribution in [1.82, 2.24) is 0 Å². The number of carbonyl (C=O) groups is 1. The first-order chi connectivity index (χ1) is 15.9. The van der Waals surface area contributed by atoms with Crippen molar-refractivity contribution in [2.45, 2.75) is 121 Å². The summed E-state index contributed by atoms with van der Waals surface area (Å²) in [6.45, 7) is 1.01. The predicted molar refractivity (Wildman–Crippen MR) is 131 cm³/mol. The zero-order valence-corrected chi connectivity index (χ0v) is 20.5. The van der Waals surface area contributed by atoms with Crippen LogP contribution in [0.4, 0.5) is 0 Å². The molecular formula is C26H48O7. The molecule has 0 bridgehead atoms. The van der Waals surface area contributed by atoms with E-state index in [4.69, 9.17) is 9.84 Å². The minimum atomic E-state index is -1.72. The molecule has 4 atom stereocenters. The van der Waals surface area contributed by atoms with Crippen LogP contribution >= 0.6 is 0 Å². The van der Waals surface area contributed by atoms with Crippen molar-refractivity contribution in [3.8, 4) is 0 Å². The summed E-state index contributed by atoms with van der Waals surface area (Å²) in [7, 11) is 0. The van der Waals surface area contributed by atoms with Gasteiger partial charge in [-0.1, -0.05) is 76.2 Å². The average Bonchev–Trinajstić information content (AvgIpc) is 2.82. The third-order valence-corrected chi connectivity index (χ3v) is 5.57. The molecule has 0 saturated heterocycles. The van der Waals surface area contributed by atoms with Gasteiger partial charge in [0, 0.05) is 6.42 Å². The van der Waals surface area contributed by atoms with Gasteiger partial charge in [-0.05, 0) is 38.5 Å². The highest BCUT2D eigenvalue weighted by Crippen LogP contribution is 2.10. The van der Waals surface area contributed by atoms with E-state index in [1.165, 1.54) is 44.9 Å². The molecule has 194 valence electrons. The highest BCUT2D eigenvalue weighted by Gasteiger charge is 2.30. The quantitative estimate of drug-likeness (QED) is 0.0926. The largest absolute Gasteiger partial charge is 0.463 e. The molecule has 0 aromatic heterocycles. The molecule has 0 fully saturated rings. The molecule has 7 heteroatoms. The number of unbranched alkanes of at least 4 members (excludes halogenated alkanes) is 10. The molecule has 0 aliphatic rings. The Balaban J connectivity index is 3.58. The molecule has 0 aliphatic heterocycles. The van der Waals surface area contributed by atoms with Crippen molar-refractivity contribution in [2.75, 3.05) is 13.2 Å². The van der Waals surface area contributed by atoms with Gasteiger partial charge in [-0.2, -0.15) is 0 Å². The van der Waals surface area contributed by atoms with Gasteiger partial charge in [0.25, 0.3) is 0 Å². The fraction of sp³-hybridized carbons (Fsp3) is 0.808. The van der Waals surface area contributed by atoms with E-state index in [9.17, 15) is 25.2 Å². The summed E-state index contributed by atoms with van der Waals surface area (Å²) >= 11 is 0. The summed E-state index contributed by atoms with van der Waals surface area (Å²) in [6, 6.07) is 0. The summed E-state index contributed by atoms with van der Waals surface area (Å²) in [5.41, 5.74) is 0. The van der Waals surface area contributed by atoms with Gasteiger partial charge in [0.05, 0.1) is 6.61 Å². The Morgan fingerprint density at radius 1 is 0.727 bits per heavy atom. The number of allylic oxidation sites excluding steroid dienone is 4. The number of esters is 1. The molecule has 7 nitrogen and oxygen atoms in total. The summed E-state index contributed by atoms with van der Waals surface area (Å²) in [4.78, 5) is 11.7. The fourth-order valence-electron chi connectivity index (χ4n) is 3.35. The van der Waals surface area contributed by atoms with Gasteiger partial charge in [0.2, 0.25) is 0 Å². The smallest absolute Gasteiger partial charge is 0.305 e. The molecule has 0 amide bonds. The van der Waals surface area contributed by atoms with Crippen molar-refractivity contribution in [1.29, 1.82) is 0 Å². The van der Waals surface area contributed by atoms with Crippen LogP contribution in [0.15, 0.2) is 24.3 Å². The molecule has 33 heavy (non-hydrogen) atoms. The van der Waals surface area contributed by atoms with Crippen LogP contribution in [0.3, 0.4) is 0 Å². The second-order valence-electron chi connectivity index (χ2n) is 8.67. The minimum Gasteiger partial charge on any atom is -0.463 e. The van der Waals surface area contributed by atoms with Gasteiger partial charge < -0.3 is 30.3 Å². The van der Waals surface area contributed by atoms with Crippen LogP contribution in [-0.4, -0.2) is 69.1 Å². The molecule has 0 aromatic rings. The van der Waals surface area contributed by atoms with Crippen LogP contribution in [0.2, 0.25) is 0 Å². The number of ether oxygens (including phenoxy) is 1. The first-order valence-corrected chi connectivity index (χ1v) is 12.7. The fourth-order valence-corrected chi connectivity index (χ4v) is 3.35. The maximum absolute atomic E-state index is 11.7. The number of aliphatic hydroxyl groups is 5. The number of carbonyl (C=O) groups excluding carboxylic acids is 1. The van der Waals surface area contributed by atoms with Gasteiger partial charge in [-0.25, -0.2) is 0 Å². The maximum Gasteiger partial charge on any atom is 0.305 e. The normalized spacial score (nSPS) is 15.7. The number of rotatable bonds is 22. The second kappa shape index (κ2) is 22.5. The van der Waals surface area contributed by atoms with E-state index < -0.39 is 43.6 Å². The topological polar surface area (TPSA) is 127 Å². The van der Waals surface area contributed by atoms with E-state index in [1.54, 1.807) is 0 Å². The molecule has 0 rings (SSSR count). The van der Waals surface area contributed by atoms with Crippen LogP contribution in [0.1, 0.15) is 96.8 Å². The standard InChI is InChI=1S/C26H48O7/c1-2-3-4-5-6-7-8-9-10-11-12-13-14-15-16-17-18-19-24(30)33-21-23(29)26(32)25(31)22(28)20-27/h9-10,12-13,22-23,25-29,31-32H,2-8,11,14-21H2,1H3/t22-,23+,25+,26+/m0/s1. The lowest BCUT2D eigenvalue weighted by molar-refractivity contribution is -0.156. The number of aliphatic hydroxyl groups excluding tert-OH is 5. The maximum atomic E-state index is 11.7. The van der Waals surface area contributed by atoms with Crippen molar-refractivity contribution >= 4 is 5.97 Å². The average molecular weight is 473 g/mol. The van der Waals surface area contributed by atoms with Crippen LogP contribution < -0.4 is 0 Å². The number of hydrogen-bond donors (Lipinski definition) is 5. The Labute approximate surface area is 200 Å². The molecular weight excluding hydrogens is 424 g/mol. The Bertz CT molecular complexity index is 507. The summed E-state index contributed by atoms with van der Waals surface area (Å²) in [6.07, 6.45) is 17.5.